The van der Waals surface area contributed by atoms with Crippen LogP contribution in [0, 0.1) is 6.92 Å². The number of benzene rings is 1. The average Bonchev–Trinajstić information content (AvgIpc) is 2.49. The van der Waals surface area contributed by atoms with Gasteiger partial charge in [-0.05, 0) is 37.1 Å². The number of halogens is 1. The van der Waals surface area contributed by atoms with E-state index in [1.807, 2.05) is 0 Å². The first-order valence-electron chi connectivity index (χ1n) is 4.97. The number of aromatic nitrogens is 1. The van der Waals surface area contributed by atoms with Crippen LogP contribution in [0.1, 0.15) is 18.9 Å². The van der Waals surface area contributed by atoms with Crippen LogP contribution in [-0.2, 0) is 6.54 Å². The second-order valence-electron chi connectivity index (χ2n) is 3.67. The van der Waals surface area contributed by atoms with Gasteiger partial charge in [0.05, 0.1) is 5.52 Å². The number of hydrogen-bond donors (Lipinski definition) is 0. The van der Waals surface area contributed by atoms with Crippen LogP contribution in [0.2, 0.25) is 0 Å². The summed E-state index contributed by atoms with van der Waals surface area (Å²) in [4.78, 5) is 0. The second kappa shape index (κ2) is 3.77. The van der Waals surface area contributed by atoms with Gasteiger partial charge >= 0.3 is 0 Å². The molecular formula is C12H14BrN. The highest BCUT2D eigenvalue weighted by molar-refractivity contribution is 9.10. The normalized spacial score (nSPS) is 11.1. The van der Waals surface area contributed by atoms with E-state index in [1.54, 1.807) is 0 Å². The molecule has 0 unspecified atom stereocenters. The van der Waals surface area contributed by atoms with E-state index in [2.05, 4.69) is 58.7 Å². The molecule has 1 aromatic heterocycles. The Bertz CT molecular complexity index is 457. The van der Waals surface area contributed by atoms with Gasteiger partial charge in [-0.1, -0.05) is 22.9 Å². The van der Waals surface area contributed by atoms with Crippen molar-refractivity contribution in [1.29, 1.82) is 0 Å². The monoisotopic (exact) mass is 251 g/mol. The van der Waals surface area contributed by atoms with Gasteiger partial charge in [-0.25, -0.2) is 0 Å². The first-order valence-corrected chi connectivity index (χ1v) is 5.76. The van der Waals surface area contributed by atoms with Crippen LogP contribution in [0.5, 0.6) is 0 Å². The first kappa shape index (κ1) is 9.78. The fourth-order valence-corrected chi connectivity index (χ4v) is 2.54. The van der Waals surface area contributed by atoms with Gasteiger partial charge in [0.2, 0.25) is 0 Å². The fraction of sp³-hybridized carbons (Fsp3) is 0.333. The lowest BCUT2D eigenvalue weighted by molar-refractivity contribution is 0.702. The van der Waals surface area contributed by atoms with Crippen LogP contribution in [0.4, 0.5) is 0 Å². The van der Waals surface area contributed by atoms with E-state index in [0.29, 0.717) is 0 Å². The van der Waals surface area contributed by atoms with Gasteiger partial charge < -0.3 is 4.57 Å². The molecule has 0 saturated heterocycles. The zero-order valence-electron chi connectivity index (χ0n) is 8.55. The predicted octanol–water partition coefficient (Wildman–Crippen LogP) is 4.12. The molecule has 2 aromatic rings. The van der Waals surface area contributed by atoms with Crippen LogP contribution in [0.3, 0.4) is 0 Å². The van der Waals surface area contributed by atoms with Gasteiger partial charge in [0.25, 0.3) is 0 Å². The third-order valence-electron chi connectivity index (χ3n) is 2.48. The van der Waals surface area contributed by atoms with Crippen LogP contribution >= 0.6 is 15.9 Å². The molecule has 0 aliphatic carbocycles. The second-order valence-corrected chi connectivity index (χ2v) is 4.59. The van der Waals surface area contributed by atoms with Crippen molar-refractivity contribution in [2.75, 3.05) is 0 Å². The van der Waals surface area contributed by atoms with Crippen molar-refractivity contribution in [2.45, 2.75) is 26.8 Å². The Balaban J connectivity index is 2.66. The molecule has 14 heavy (non-hydrogen) atoms. The molecule has 0 radical (unpaired) electrons. The number of aryl methyl sites for hydroxylation is 2. The van der Waals surface area contributed by atoms with Crippen LogP contribution < -0.4 is 0 Å². The molecule has 0 saturated carbocycles. The van der Waals surface area contributed by atoms with E-state index in [4.69, 9.17) is 0 Å². The molecule has 2 rings (SSSR count). The smallest absolute Gasteiger partial charge is 0.0510 e. The van der Waals surface area contributed by atoms with Crippen molar-refractivity contribution in [1.82, 2.24) is 4.57 Å². The lowest BCUT2D eigenvalue weighted by atomic mass is 10.2. The maximum absolute atomic E-state index is 3.52. The Hall–Kier alpha value is -0.760. The zero-order valence-corrected chi connectivity index (χ0v) is 10.1. The molecule has 1 heterocycles. The Labute approximate surface area is 92.9 Å². The molecule has 2 heteroatoms. The van der Waals surface area contributed by atoms with E-state index < -0.39 is 0 Å². The molecule has 0 aliphatic rings. The first-order chi connectivity index (χ1) is 6.72. The number of hydrogen-bond acceptors (Lipinski definition) is 0. The molecule has 1 aromatic carbocycles. The Morgan fingerprint density at radius 2 is 2.14 bits per heavy atom. The lowest BCUT2D eigenvalue weighted by Gasteiger charge is -2.06. The van der Waals surface area contributed by atoms with Gasteiger partial charge in [0, 0.05) is 22.6 Å². The predicted molar refractivity (Wildman–Crippen MR) is 64.7 cm³/mol. The average molecular weight is 252 g/mol. The lowest BCUT2D eigenvalue weighted by Crippen LogP contribution is -1.95. The van der Waals surface area contributed by atoms with Crippen LogP contribution in [0.25, 0.3) is 10.9 Å². The van der Waals surface area contributed by atoms with Gasteiger partial charge in [-0.15, -0.1) is 0 Å². The summed E-state index contributed by atoms with van der Waals surface area (Å²) in [5, 5.41) is 1.32. The zero-order chi connectivity index (χ0) is 10.1. The van der Waals surface area contributed by atoms with E-state index in [1.165, 1.54) is 22.9 Å². The van der Waals surface area contributed by atoms with Crippen LogP contribution in [0.15, 0.2) is 28.9 Å². The van der Waals surface area contributed by atoms with Gasteiger partial charge in [0.15, 0.2) is 0 Å². The van der Waals surface area contributed by atoms with Crippen molar-refractivity contribution in [3.05, 3.63) is 34.4 Å². The number of nitrogens with zero attached hydrogens (tertiary/aromatic N) is 1. The summed E-state index contributed by atoms with van der Waals surface area (Å²) in [6.07, 6.45) is 3.35. The van der Waals surface area contributed by atoms with E-state index in [0.717, 1.165) is 11.0 Å². The maximum Gasteiger partial charge on any atom is 0.0510 e. The maximum atomic E-state index is 3.52. The SMILES string of the molecule is CCCn1ccc2cc(Br)cc(C)c21. The number of rotatable bonds is 2. The van der Waals surface area contributed by atoms with Gasteiger partial charge in [-0.3, -0.25) is 0 Å². The number of fused-ring (bicyclic) bond motifs is 1. The molecule has 0 bridgehead atoms. The molecular weight excluding hydrogens is 238 g/mol. The van der Waals surface area contributed by atoms with E-state index >= 15 is 0 Å². The molecule has 0 fully saturated rings. The van der Waals surface area contributed by atoms with Crippen molar-refractivity contribution in [3.63, 3.8) is 0 Å². The van der Waals surface area contributed by atoms with Crippen molar-refractivity contribution in [3.8, 4) is 0 Å². The molecule has 0 aliphatic heterocycles. The summed E-state index contributed by atoms with van der Waals surface area (Å²) >= 11 is 3.52. The minimum absolute atomic E-state index is 1.10. The third kappa shape index (κ3) is 1.59. The van der Waals surface area contributed by atoms with Gasteiger partial charge in [-0.2, -0.15) is 0 Å². The topological polar surface area (TPSA) is 4.93 Å². The minimum Gasteiger partial charge on any atom is -0.347 e. The Kier molecular flexibility index (Phi) is 2.64. The summed E-state index contributed by atoms with van der Waals surface area (Å²) in [5.74, 6) is 0. The van der Waals surface area contributed by atoms with Crippen molar-refractivity contribution >= 4 is 26.8 Å². The summed E-state index contributed by atoms with van der Waals surface area (Å²) in [7, 11) is 0. The molecule has 0 atom stereocenters. The molecule has 0 amide bonds. The summed E-state index contributed by atoms with van der Waals surface area (Å²) < 4.78 is 3.49. The summed E-state index contributed by atoms with van der Waals surface area (Å²) in [6.45, 7) is 5.48. The molecule has 0 spiro atoms. The van der Waals surface area contributed by atoms with Crippen molar-refractivity contribution < 1.29 is 0 Å². The molecule has 74 valence electrons. The summed E-state index contributed by atoms with van der Waals surface area (Å²) in [5.41, 5.74) is 2.71. The largest absolute Gasteiger partial charge is 0.347 e. The quantitative estimate of drug-likeness (QED) is 0.757. The standard InChI is InChI=1S/C12H14BrN/c1-3-5-14-6-4-10-8-11(13)7-9(2)12(10)14/h4,6-8H,3,5H2,1-2H3. The van der Waals surface area contributed by atoms with Crippen molar-refractivity contribution in [2.24, 2.45) is 0 Å². The van der Waals surface area contributed by atoms with Gasteiger partial charge in [0.1, 0.15) is 0 Å². The van der Waals surface area contributed by atoms with Crippen LogP contribution in [-0.4, -0.2) is 4.57 Å². The summed E-state index contributed by atoms with van der Waals surface area (Å²) in [6, 6.07) is 6.53. The minimum atomic E-state index is 1.10. The molecule has 1 nitrogen and oxygen atoms in total. The highest BCUT2D eigenvalue weighted by atomic mass is 79.9. The third-order valence-corrected chi connectivity index (χ3v) is 2.94. The Morgan fingerprint density at radius 3 is 2.86 bits per heavy atom. The highest BCUT2D eigenvalue weighted by Crippen LogP contribution is 2.25. The molecule has 0 N–H and O–H groups in total. The Morgan fingerprint density at radius 1 is 1.36 bits per heavy atom. The van der Waals surface area contributed by atoms with E-state index in [9.17, 15) is 0 Å². The fourth-order valence-electron chi connectivity index (χ4n) is 1.95. The highest BCUT2D eigenvalue weighted by Gasteiger charge is 2.04. The van der Waals surface area contributed by atoms with E-state index in [-0.39, 0.29) is 0 Å².